The molecule has 0 fully saturated rings. The van der Waals surface area contributed by atoms with Crippen LogP contribution in [-0.4, -0.2) is 19.5 Å². The van der Waals surface area contributed by atoms with Gasteiger partial charge in [-0.1, -0.05) is 133 Å². The molecule has 5 heteroatoms. The van der Waals surface area contributed by atoms with Crippen LogP contribution in [0.2, 0.25) is 0 Å². The molecule has 0 radical (unpaired) electrons. The highest BCUT2D eigenvalue weighted by molar-refractivity contribution is 6.13. The number of aromatic nitrogens is 4. The summed E-state index contributed by atoms with van der Waals surface area (Å²) in [5, 5.41) is -0.619. The summed E-state index contributed by atoms with van der Waals surface area (Å²) in [6.07, 6.45) is 0. The Morgan fingerprint density at radius 3 is 1.68 bits per heavy atom. The van der Waals surface area contributed by atoms with Crippen molar-refractivity contribution in [2.75, 3.05) is 0 Å². The third kappa shape index (κ3) is 4.52. The molecule has 0 unspecified atom stereocenters. The lowest BCUT2D eigenvalue weighted by molar-refractivity contribution is 0.669. The Labute approximate surface area is 308 Å². The van der Waals surface area contributed by atoms with Crippen molar-refractivity contribution in [1.29, 1.82) is 0 Å². The van der Waals surface area contributed by atoms with Gasteiger partial charge in [0.2, 0.25) is 0 Å². The van der Waals surface area contributed by atoms with Gasteiger partial charge in [-0.05, 0) is 47.4 Å². The summed E-state index contributed by atoms with van der Waals surface area (Å²) in [5.74, 6) is 0.516. The Kier molecular flexibility index (Phi) is 3.87. The van der Waals surface area contributed by atoms with Gasteiger partial charge < -0.3 is 8.98 Å². The average Bonchev–Trinajstić information content (AvgIpc) is 3.90. The average molecular weight is 656 g/mol. The predicted octanol–water partition coefficient (Wildman–Crippen LogP) is 11.5. The number of fused-ring (bicyclic) bond motifs is 6. The second-order valence-electron chi connectivity index (χ2n) is 11.3. The van der Waals surface area contributed by atoms with Crippen molar-refractivity contribution in [1.82, 2.24) is 19.5 Å². The molecule has 0 bridgehead atoms. The van der Waals surface area contributed by atoms with Crippen LogP contribution in [0.3, 0.4) is 0 Å². The minimum absolute atomic E-state index is 0.00878. The van der Waals surface area contributed by atoms with Crippen molar-refractivity contribution in [2.45, 2.75) is 0 Å². The fourth-order valence-electron chi connectivity index (χ4n) is 6.23. The molecule has 10 rings (SSSR count). The van der Waals surface area contributed by atoms with E-state index in [0.717, 1.165) is 0 Å². The van der Waals surface area contributed by atoms with Crippen molar-refractivity contribution >= 4 is 43.7 Å². The number of rotatable bonds is 5. The lowest BCUT2D eigenvalue weighted by atomic mass is 9.97. The van der Waals surface area contributed by atoms with Gasteiger partial charge in [0, 0.05) is 38.2 Å². The molecule has 3 aromatic heterocycles. The molecule has 0 atom stereocenters. The molecule has 0 aliphatic carbocycles. The maximum Gasteiger partial charge on any atom is 0.166 e. The van der Waals surface area contributed by atoms with Crippen molar-refractivity contribution in [3.8, 4) is 51.0 Å². The first-order valence-corrected chi connectivity index (χ1v) is 15.5. The molecule has 0 aliphatic rings. The summed E-state index contributed by atoms with van der Waals surface area (Å²) in [4.78, 5) is 14.6. The topological polar surface area (TPSA) is 56.7 Å². The fraction of sp³-hybridized carbons (Fsp3) is 0. The van der Waals surface area contributed by atoms with Crippen molar-refractivity contribution in [3.63, 3.8) is 0 Å². The summed E-state index contributed by atoms with van der Waals surface area (Å²) in [5.41, 5.74) is 0.352. The molecule has 0 saturated carbocycles. The minimum Gasteiger partial charge on any atom is -0.456 e. The predicted molar refractivity (Wildman–Crippen MR) is 203 cm³/mol. The van der Waals surface area contributed by atoms with Gasteiger partial charge >= 0.3 is 0 Å². The Bertz CT molecular complexity index is 3590. The SMILES string of the molecule is [2H]c1c([2H])c([2H])c2c(oc3c([2H])c([2H])c([2H])c(-c4ccc(-c5nc(-c6ccccc6)nc(-c6ccccc6)n5)c(-n5c6c([2H])c([2H])c([2H])c([2H])c6c6c([2H])c([2H])c([2H])c([2H])c65)c4)c32)c1[2H]. The maximum atomic E-state index is 9.31. The zero-order valence-electron chi connectivity index (χ0n) is 40.7. The molecule has 0 saturated heterocycles. The van der Waals surface area contributed by atoms with Crippen LogP contribution < -0.4 is 0 Å². The quantitative estimate of drug-likeness (QED) is 0.185. The van der Waals surface area contributed by atoms with Crippen LogP contribution in [0.15, 0.2) is 174 Å². The van der Waals surface area contributed by atoms with E-state index in [4.69, 9.17) is 35.8 Å². The van der Waals surface area contributed by atoms with Gasteiger partial charge in [-0.3, -0.25) is 0 Å². The van der Waals surface area contributed by atoms with E-state index in [1.54, 1.807) is 30.3 Å². The molecular formula is C45H28N4O. The van der Waals surface area contributed by atoms with Crippen LogP contribution in [0.4, 0.5) is 0 Å². The normalized spacial score (nSPS) is 15.8. The largest absolute Gasteiger partial charge is 0.456 e. The van der Waals surface area contributed by atoms with Gasteiger partial charge in [0.1, 0.15) is 11.2 Å². The van der Waals surface area contributed by atoms with Crippen LogP contribution in [0.1, 0.15) is 20.6 Å². The van der Waals surface area contributed by atoms with Crippen LogP contribution in [-0.2, 0) is 0 Å². The number of nitrogens with zero attached hydrogens (tertiary/aromatic N) is 4. The molecule has 0 spiro atoms. The second kappa shape index (κ2) is 11.4. The highest BCUT2D eigenvalue weighted by atomic mass is 16.3. The van der Waals surface area contributed by atoms with Crippen LogP contribution in [0.5, 0.6) is 0 Å². The molecule has 0 N–H and O–H groups in total. The van der Waals surface area contributed by atoms with Crippen LogP contribution >= 0.6 is 0 Å². The third-order valence-electron chi connectivity index (χ3n) is 8.45. The second-order valence-corrected chi connectivity index (χ2v) is 11.3. The first-order chi connectivity index (χ1) is 31.0. The Morgan fingerprint density at radius 1 is 0.460 bits per heavy atom. The smallest absolute Gasteiger partial charge is 0.166 e. The molecule has 7 aromatic carbocycles. The van der Waals surface area contributed by atoms with Crippen LogP contribution in [0, 0.1) is 0 Å². The van der Waals surface area contributed by atoms with E-state index >= 15 is 0 Å². The molecular weight excluding hydrogens is 613 g/mol. The van der Waals surface area contributed by atoms with Crippen molar-refractivity contribution < 1.29 is 25.0 Å². The molecule has 0 amide bonds. The van der Waals surface area contributed by atoms with Crippen molar-refractivity contribution in [3.05, 3.63) is 169 Å². The molecule has 3 heterocycles. The lowest BCUT2D eigenvalue weighted by Gasteiger charge is -2.16. The van der Waals surface area contributed by atoms with E-state index in [1.807, 2.05) is 36.4 Å². The van der Waals surface area contributed by atoms with E-state index in [2.05, 4.69) is 0 Å². The van der Waals surface area contributed by atoms with E-state index in [-0.39, 0.29) is 83.6 Å². The minimum atomic E-state index is -0.656. The number of hydrogen-bond acceptors (Lipinski definition) is 4. The van der Waals surface area contributed by atoms with E-state index < -0.39 is 90.6 Å². The summed E-state index contributed by atoms with van der Waals surface area (Å²) >= 11 is 0. The number of hydrogen-bond donors (Lipinski definition) is 0. The first kappa shape index (κ1) is 17.0. The zero-order valence-corrected chi connectivity index (χ0v) is 25.7. The lowest BCUT2D eigenvalue weighted by Crippen LogP contribution is -2.04. The van der Waals surface area contributed by atoms with Gasteiger partial charge in [-0.15, -0.1) is 0 Å². The number of furan rings is 1. The summed E-state index contributed by atoms with van der Waals surface area (Å²) in [7, 11) is 0. The van der Waals surface area contributed by atoms with Gasteiger partial charge in [0.05, 0.1) is 37.3 Å². The van der Waals surface area contributed by atoms with E-state index in [0.29, 0.717) is 11.1 Å². The summed E-state index contributed by atoms with van der Waals surface area (Å²) in [6, 6.07) is 13.8. The molecule has 10 aromatic rings. The third-order valence-corrected chi connectivity index (χ3v) is 8.45. The van der Waals surface area contributed by atoms with E-state index in [1.165, 1.54) is 16.7 Å². The summed E-state index contributed by atoms with van der Waals surface area (Å²) < 4.78 is 140. The van der Waals surface area contributed by atoms with Gasteiger partial charge in [0.15, 0.2) is 17.5 Å². The first-order valence-electron chi connectivity index (χ1n) is 23.0. The number of para-hydroxylation sites is 3. The zero-order chi connectivity index (χ0) is 46.1. The molecule has 234 valence electrons. The fourth-order valence-corrected chi connectivity index (χ4v) is 6.23. The van der Waals surface area contributed by atoms with Gasteiger partial charge in [-0.25, -0.2) is 15.0 Å². The van der Waals surface area contributed by atoms with Crippen molar-refractivity contribution in [2.24, 2.45) is 0 Å². The van der Waals surface area contributed by atoms with Crippen LogP contribution in [0.25, 0.3) is 94.7 Å². The standard InChI is InChI=1S/C45H28N4O/c1-3-14-29(15-4-1)43-46-44(30-16-5-2-6-17-30)48-45(47-43)35-27-26-31(32-21-13-25-41-42(32)36-20-9-12-24-40(36)50-41)28-39(35)49-37-22-10-7-18-33(37)34-19-8-11-23-38(34)49/h1-28H/i7D,8D,9D,10D,11D,12D,13D,18D,19D,20D,21D,22D,23D,24D,25D. The highest BCUT2D eigenvalue weighted by Gasteiger charge is 2.21. The Hall–Kier alpha value is -6.85. The van der Waals surface area contributed by atoms with Gasteiger partial charge in [0.25, 0.3) is 0 Å². The highest BCUT2D eigenvalue weighted by Crippen LogP contribution is 2.41. The monoisotopic (exact) mass is 655 g/mol. The molecule has 5 nitrogen and oxygen atoms in total. The number of benzene rings is 7. The van der Waals surface area contributed by atoms with Gasteiger partial charge in [-0.2, -0.15) is 0 Å². The maximum absolute atomic E-state index is 9.31. The Balaban J connectivity index is 1.43. The Morgan fingerprint density at radius 2 is 1.02 bits per heavy atom. The summed E-state index contributed by atoms with van der Waals surface area (Å²) in [6.45, 7) is 0. The molecule has 0 aliphatic heterocycles. The van der Waals surface area contributed by atoms with E-state index in [9.17, 15) is 4.11 Å². The molecule has 50 heavy (non-hydrogen) atoms.